The summed E-state index contributed by atoms with van der Waals surface area (Å²) in [5.41, 5.74) is 2.78. The van der Waals surface area contributed by atoms with E-state index >= 15 is 0 Å². The van der Waals surface area contributed by atoms with Gasteiger partial charge < -0.3 is 4.98 Å². The minimum atomic E-state index is -0.106. The van der Waals surface area contributed by atoms with Crippen LogP contribution in [0.25, 0.3) is 11.4 Å². The molecule has 144 valence electrons. The van der Waals surface area contributed by atoms with Crippen LogP contribution in [-0.2, 0) is 6.54 Å². The van der Waals surface area contributed by atoms with E-state index in [-0.39, 0.29) is 5.56 Å². The van der Waals surface area contributed by atoms with Crippen molar-refractivity contribution in [2.45, 2.75) is 30.5 Å². The third-order valence-electron chi connectivity index (χ3n) is 4.99. The van der Waals surface area contributed by atoms with Crippen LogP contribution in [0, 0.1) is 0 Å². The van der Waals surface area contributed by atoms with E-state index in [1.165, 1.54) is 0 Å². The summed E-state index contributed by atoms with van der Waals surface area (Å²) in [6.07, 6.45) is 11.2. The Hall–Kier alpha value is -2.58. The molecule has 3 aromatic heterocycles. The molecule has 1 fully saturated rings. The molecular formula is C20H22N6OS. The van der Waals surface area contributed by atoms with E-state index in [0.29, 0.717) is 11.7 Å². The summed E-state index contributed by atoms with van der Waals surface area (Å²) in [6.45, 7) is 2.79. The van der Waals surface area contributed by atoms with E-state index < -0.39 is 0 Å². The Morgan fingerprint density at radius 3 is 2.57 bits per heavy atom. The van der Waals surface area contributed by atoms with Gasteiger partial charge in [0.2, 0.25) is 0 Å². The zero-order chi connectivity index (χ0) is 19.3. The predicted octanol–water partition coefficient (Wildman–Crippen LogP) is 2.72. The van der Waals surface area contributed by atoms with Crippen molar-refractivity contribution >= 4 is 11.8 Å². The minimum absolute atomic E-state index is 0.106. The van der Waals surface area contributed by atoms with Crippen molar-refractivity contribution in [1.29, 1.82) is 0 Å². The Bertz CT molecular complexity index is 968. The molecular weight excluding hydrogens is 372 g/mol. The van der Waals surface area contributed by atoms with Crippen LogP contribution in [0.1, 0.15) is 30.0 Å². The standard InChI is InChI=1S/C20H22N6OS/c1-28-20-22-11-14(12-23-20)13-26-8-4-15(5-9-26)17-10-18(27)25-19(24-17)16-2-6-21-7-3-16/h2-3,6-7,10-12,15H,4-5,8-9,13H2,1H3,(H,24,25,27). The van der Waals surface area contributed by atoms with Gasteiger partial charge in [0.05, 0.1) is 5.69 Å². The van der Waals surface area contributed by atoms with Crippen molar-refractivity contribution in [2.75, 3.05) is 19.3 Å². The van der Waals surface area contributed by atoms with E-state index in [1.54, 1.807) is 30.2 Å². The maximum absolute atomic E-state index is 12.1. The molecule has 0 spiro atoms. The number of hydrogen-bond donors (Lipinski definition) is 1. The van der Waals surface area contributed by atoms with Crippen LogP contribution in [0.5, 0.6) is 0 Å². The van der Waals surface area contributed by atoms with Gasteiger partial charge in [0.1, 0.15) is 5.82 Å². The summed E-state index contributed by atoms with van der Waals surface area (Å²) in [4.78, 5) is 34.8. The molecule has 3 aromatic rings. The number of thioether (sulfide) groups is 1. The van der Waals surface area contributed by atoms with Crippen molar-refractivity contribution in [3.63, 3.8) is 0 Å². The zero-order valence-electron chi connectivity index (χ0n) is 15.7. The zero-order valence-corrected chi connectivity index (χ0v) is 16.5. The molecule has 0 amide bonds. The normalized spacial score (nSPS) is 15.6. The molecule has 1 saturated heterocycles. The first-order valence-corrected chi connectivity index (χ1v) is 10.5. The number of rotatable bonds is 5. The monoisotopic (exact) mass is 394 g/mol. The Kier molecular flexibility index (Phi) is 5.78. The predicted molar refractivity (Wildman–Crippen MR) is 109 cm³/mol. The lowest BCUT2D eigenvalue weighted by Gasteiger charge is -2.31. The van der Waals surface area contributed by atoms with Crippen molar-refractivity contribution in [2.24, 2.45) is 0 Å². The lowest BCUT2D eigenvalue weighted by Crippen LogP contribution is -2.33. The lowest BCUT2D eigenvalue weighted by molar-refractivity contribution is 0.202. The first kappa shape index (κ1) is 18.8. The van der Waals surface area contributed by atoms with Crippen LogP contribution >= 0.6 is 11.8 Å². The Morgan fingerprint density at radius 1 is 1.18 bits per heavy atom. The fourth-order valence-electron chi connectivity index (χ4n) is 3.51. The molecule has 1 aliphatic heterocycles. The van der Waals surface area contributed by atoms with Crippen LogP contribution in [0.15, 0.2) is 52.9 Å². The van der Waals surface area contributed by atoms with Crippen LogP contribution in [0.4, 0.5) is 0 Å². The van der Waals surface area contributed by atoms with Crippen LogP contribution in [0.2, 0.25) is 0 Å². The van der Waals surface area contributed by atoms with E-state index in [1.807, 2.05) is 30.8 Å². The van der Waals surface area contributed by atoms with Gasteiger partial charge in [-0.3, -0.25) is 14.7 Å². The molecule has 4 rings (SSSR count). The SMILES string of the molecule is CSc1ncc(CN2CCC(c3cc(=O)[nH]c(-c4ccncc4)n3)CC2)cn1. The second-order valence-corrected chi connectivity index (χ2v) is 7.66. The number of H-pyrrole nitrogens is 1. The molecule has 1 aliphatic rings. The number of aromatic nitrogens is 5. The van der Waals surface area contributed by atoms with Gasteiger partial charge in [0.15, 0.2) is 5.16 Å². The molecule has 28 heavy (non-hydrogen) atoms. The van der Waals surface area contributed by atoms with E-state index in [2.05, 4.69) is 24.8 Å². The number of nitrogens with zero attached hydrogens (tertiary/aromatic N) is 5. The highest BCUT2D eigenvalue weighted by Crippen LogP contribution is 2.27. The minimum Gasteiger partial charge on any atom is -0.307 e. The highest BCUT2D eigenvalue weighted by atomic mass is 32.2. The quantitative estimate of drug-likeness (QED) is 0.526. The van der Waals surface area contributed by atoms with Crippen LogP contribution in [0.3, 0.4) is 0 Å². The lowest BCUT2D eigenvalue weighted by atomic mass is 9.93. The van der Waals surface area contributed by atoms with E-state index in [4.69, 9.17) is 4.98 Å². The Morgan fingerprint density at radius 2 is 1.89 bits per heavy atom. The van der Waals surface area contributed by atoms with Gasteiger partial charge in [-0.15, -0.1) is 0 Å². The van der Waals surface area contributed by atoms with Gasteiger partial charge in [-0.25, -0.2) is 15.0 Å². The van der Waals surface area contributed by atoms with Crippen LogP contribution < -0.4 is 5.56 Å². The summed E-state index contributed by atoms with van der Waals surface area (Å²) in [5, 5.41) is 0.799. The molecule has 7 nitrogen and oxygen atoms in total. The Balaban J connectivity index is 1.42. The Labute approximate surface area is 167 Å². The molecule has 0 aromatic carbocycles. The maximum Gasteiger partial charge on any atom is 0.251 e. The molecule has 1 N–H and O–H groups in total. The molecule has 0 radical (unpaired) electrons. The number of nitrogens with one attached hydrogen (secondary N) is 1. The van der Waals surface area contributed by atoms with Gasteiger partial charge in [-0.2, -0.15) is 0 Å². The fraction of sp³-hybridized carbons (Fsp3) is 0.350. The van der Waals surface area contributed by atoms with E-state index in [0.717, 1.165) is 54.5 Å². The summed E-state index contributed by atoms with van der Waals surface area (Å²) < 4.78 is 0. The number of pyridine rings is 1. The summed E-state index contributed by atoms with van der Waals surface area (Å²) in [7, 11) is 0. The van der Waals surface area contributed by atoms with Crippen LogP contribution in [-0.4, -0.2) is 49.2 Å². The largest absolute Gasteiger partial charge is 0.307 e. The molecule has 0 bridgehead atoms. The third kappa shape index (κ3) is 4.45. The smallest absolute Gasteiger partial charge is 0.251 e. The summed E-state index contributed by atoms with van der Waals surface area (Å²) in [6, 6.07) is 5.35. The van der Waals surface area contributed by atoms with E-state index in [9.17, 15) is 4.79 Å². The summed E-state index contributed by atoms with van der Waals surface area (Å²) in [5.74, 6) is 0.910. The number of piperidine rings is 1. The molecule has 4 heterocycles. The van der Waals surface area contributed by atoms with Gasteiger partial charge in [0, 0.05) is 54.4 Å². The molecule has 0 aliphatic carbocycles. The second kappa shape index (κ2) is 8.62. The number of likely N-dealkylation sites (tertiary alicyclic amines) is 1. The maximum atomic E-state index is 12.1. The molecule has 0 atom stereocenters. The van der Waals surface area contributed by atoms with Crippen molar-refractivity contribution in [3.05, 3.63) is 64.6 Å². The average molecular weight is 395 g/mol. The highest BCUT2D eigenvalue weighted by molar-refractivity contribution is 7.98. The van der Waals surface area contributed by atoms with Crippen molar-refractivity contribution < 1.29 is 0 Å². The van der Waals surface area contributed by atoms with Gasteiger partial charge in [-0.05, 0) is 44.3 Å². The number of aromatic amines is 1. The van der Waals surface area contributed by atoms with Gasteiger partial charge in [0.25, 0.3) is 5.56 Å². The fourth-order valence-corrected chi connectivity index (χ4v) is 3.82. The summed E-state index contributed by atoms with van der Waals surface area (Å²) >= 11 is 1.55. The van der Waals surface area contributed by atoms with Crippen molar-refractivity contribution in [1.82, 2.24) is 29.8 Å². The number of hydrogen-bond acceptors (Lipinski definition) is 7. The molecule has 8 heteroatoms. The first-order chi connectivity index (χ1) is 13.7. The average Bonchev–Trinajstić information content (AvgIpc) is 2.75. The van der Waals surface area contributed by atoms with Gasteiger partial charge in [-0.1, -0.05) is 11.8 Å². The second-order valence-electron chi connectivity index (χ2n) is 6.88. The molecule has 0 saturated carbocycles. The molecule has 0 unspecified atom stereocenters. The highest BCUT2D eigenvalue weighted by Gasteiger charge is 2.23. The van der Waals surface area contributed by atoms with Crippen molar-refractivity contribution in [3.8, 4) is 11.4 Å². The van der Waals surface area contributed by atoms with Gasteiger partial charge >= 0.3 is 0 Å². The third-order valence-corrected chi connectivity index (χ3v) is 5.57. The topological polar surface area (TPSA) is 87.7 Å². The first-order valence-electron chi connectivity index (χ1n) is 9.30.